The van der Waals surface area contributed by atoms with E-state index in [1.165, 1.54) is 15.8 Å². The van der Waals surface area contributed by atoms with Crippen LogP contribution >= 0.6 is 27.3 Å². The quantitative estimate of drug-likeness (QED) is 0.342. The SMILES string of the molecule is CN(C)/C=N/S(=O)(=O)c1nn2c(C=O)c(-c3ccc(Br)cc3)nc2s1. The second-order valence-corrected chi connectivity index (χ2v) is 8.87. The molecule has 0 aliphatic heterocycles. The van der Waals surface area contributed by atoms with E-state index in [0.29, 0.717) is 16.9 Å². The summed E-state index contributed by atoms with van der Waals surface area (Å²) in [6.07, 6.45) is 1.78. The zero-order valence-corrected chi connectivity index (χ0v) is 16.3. The Morgan fingerprint density at radius 3 is 2.56 bits per heavy atom. The lowest BCUT2D eigenvalue weighted by Gasteiger charge is -2.01. The summed E-state index contributed by atoms with van der Waals surface area (Å²) in [6.45, 7) is 0. The number of hydrogen-bond donors (Lipinski definition) is 0. The summed E-state index contributed by atoms with van der Waals surface area (Å²) in [6, 6.07) is 7.28. The molecule has 0 amide bonds. The number of fused-ring (bicyclic) bond motifs is 1. The van der Waals surface area contributed by atoms with Crippen LogP contribution in [0.2, 0.25) is 0 Å². The highest BCUT2D eigenvalue weighted by Crippen LogP contribution is 2.28. The van der Waals surface area contributed by atoms with Crippen molar-refractivity contribution in [2.45, 2.75) is 4.34 Å². The van der Waals surface area contributed by atoms with Gasteiger partial charge in [-0.2, -0.15) is 12.9 Å². The van der Waals surface area contributed by atoms with Crippen molar-refractivity contribution < 1.29 is 13.2 Å². The molecule has 0 N–H and O–H groups in total. The molecule has 2 aromatic heterocycles. The topological polar surface area (TPSA) is 97.0 Å². The van der Waals surface area contributed by atoms with Crippen LogP contribution in [0.15, 0.2) is 37.5 Å². The molecule has 0 aliphatic carbocycles. The van der Waals surface area contributed by atoms with Crippen LogP contribution in [-0.4, -0.2) is 54.6 Å². The molecule has 0 bridgehead atoms. The van der Waals surface area contributed by atoms with Crippen LogP contribution in [0.1, 0.15) is 10.5 Å². The van der Waals surface area contributed by atoms with Crippen LogP contribution in [0, 0.1) is 0 Å². The van der Waals surface area contributed by atoms with Crippen LogP contribution in [0.25, 0.3) is 16.2 Å². The van der Waals surface area contributed by atoms with Crippen molar-refractivity contribution in [3.05, 3.63) is 34.4 Å². The van der Waals surface area contributed by atoms with Gasteiger partial charge < -0.3 is 4.90 Å². The monoisotopic (exact) mass is 441 g/mol. The molecular weight excluding hydrogens is 430 g/mol. The summed E-state index contributed by atoms with van der Waals surface area (Å²) in [5.41, 5.74) is 1.37. The number of hydrogen-bond acceptors (Lipinski definition) is 6. The first-order valence-electron chi connectivity index (χ1n) is 6.89. The number of aldehydes is 1. The zero-order valence-electron chi connectivity index (χ0n) is 13.1. The highest BCUT2D eigenvalue weighted by Gasteiger charge is 2.23. The number of carbonyl (C=O) groups is 1. The molecule has 25 heavy (non-hydrogen) atoms. The van der Waals surface area contributed by atoms with Gasteiger partial charge in [0.2, 0.25) is 4.96 Å². The minimum Gasteiger partial charge on any atom is -0.368 e. The average Bonchev–Trinajstić information content (AvgIpc) is 3.11. The molecule has 0 radical (unpaired) electrons. The normalized spacial score (nSPS) is 12.1. The first kappa shape index (κ1) is 17.7. The number of carbonyl (C=O) groups excluding carboxylic acids is 1. The molecular formula is C14H12BrN5O3S2. The smallest absolute Gasteiger partial charge is 0.312 e. The van der Waals surface area contributed by atoms with Crippen LogP contribution in [0.5, 0.6) is 0 Å². The first-order valence-corrected chi connectivity index (χ1v) is 9.94. The number of benzene rings is 1. The van der Waals surface area contributed by atoms with Gasteiger partial charge in [0.15, 0.2) is 6.29 Å². The Labute approximate surface area is 156 Å². The summed E-state index contributed by atoms with van der Waals surface area (Å²) in [4.78, 5) is 17.7. The number of halogens is 1. The van der Waals surface area contributed by atoms with Crippen LogP contribution in [0.3, 0.4) is 0 Å². The van der Waals surface area contributed by atoms with E-state index in [1.807, 2.05) is 24.3 Å². The lowest BCUT2D eigenvalue weighted by atomic mass is 10.1. The molecule has 2 heterocycles. The second-order valence-electron chi connectivity index (χ2n) is 5.19. The summed E-state index contributed by atoms with van der Waals surface area (Å²) >= 11 is 4.20. The lowest BCUT2D eigenvalue weighted by molar-refractivity contribution is 0.111. The maximum absolute atomic E-state index is 12.2. The van der Waals surface area contributed by atoms with E-state index in [4.69, 9.17) is 0 Å². The summed E-state index contributed by atoms with van der Waals surface area (Å²) < 4.78 is 29.8. The molecule has 0 unspecified atom stereocenters. The summed E-state index contributed by atoms with van der Waals surface area (Å²) in [5.74, 6) is 0. The fourth-order valence-electron chi connectivity index (χ4n) is 1.98. The summed E-state index contributed by atoms with van der Waals surface area (Å²) in [7, 11) is -0.632. The van der Waals surface area contributed by atoms with Crippen molar-refractivity contribution in [1.82, 2.24) is 19.5 Å². The Kier molecular flexibility index (Phi) is 4.71. The molecule has 0 saturated heterocycles. The van der Waals surface area contributed by atoms with Crippen LogP contribution in [0.4, 0.5) is 0 Å². The predicted octanol–water partition coefficient (Wildman–Crippen LogP) is 2.31. The van der Waals surface area contributed by atoms with Gasteiger partial charge in [-0.3, -0.25) is 4.79 Å². The van der Waals surface area contributed by atoms with Crippen molar-refractivity contribution in [2.75, 3.05) is 14.1 Å². The molecule has 11 heteroatoms. The molecule has 0 aliphatic rings. The molecule has 8 nitrogen and oxygen atoms in total. The van der Waals surface area contributed by atoms with E-state index >= 15 is 0 Å². The Bertz CT molecular complexity index is 1070. The first-order chi connectivity index (χ1) is 11.8. The van der Waals surface area contributed by atoms with Crippen molar-refractivity contribution in [1.29, 1.82) is 0 Å². The van der Waals surface area contributed by atoms with Gasteiger partial charge in [-0.1, -0.05) is 39.4 Å². The Morgan fingerprint density at radius 1 is 1.28 bits per heavy atom. The maximum atomic E-state index is 12.2. The molecule has 1 aromatic carbocycles. The second kappa shape index (κ2) is 6.65. The highest BCUT2D eigenvalue weighted by atomic mass is 79.9. The molecule has 0 fully saturated rings. The van der Waals surface area contributed by atoms with Gasteiger partial charge in [0.05, 0.1) is 0 Å². The number of rotatable bonds is 5. The standard InChI is InChI=1S/C14H12BrN5O3S2/c1-19(2)8-16-25(22,23)14-18-20-11(7-21)12(17-13(20)24-14)9-3-5-10(15)6-4-9/h3-8H,1-2H3/b16-8+. The molecule has 0 saturated carbocycles. The van der Waals surface area contributed by atoms with E-state index in [-0.39, 0.29) is 10.0 Å². The molecule has 3 rings (SSSR count). The van der Waals surface area contributed by atoms with E-state index in [1.54, 1.807) is 14.1 Å². The number of nitrogens with zero attached hydrogens (tertiary/aromatic N) is 5. The fraction of sp³-hybridized carbons (Fsp3) is 0.143. The van der Waals surface area contributed by atoms with Gasteiger partial charge in [0.1, 0.15) is 17.7 Å². The average molecular weight is 442 g/mol. The van der Waals surface area contributed by atoms with Crippen molar-refractivity contribution in [3.8, 4) is 11.3 Å². The van der Waals surface area contributed by atoms with E-state index < -0.39 is 10.0 Å². The number of aromatic nitrogens is 3. The van der Waals surface area contributed by atoms with Crippen molar-refractivity contribution >= 4 is 54.9 Å². The third-order valence-corrected chi connectivity index (χ3v) is 6.09. The van der Waals surface area contributed by atoms with Crippen molar-refractivity contribution in [2.24, 2.45) is 4.40 Å². The van der Waals surface area contributed by atoms with Gasteiger partial charge in [0, 0.05) is 24.1 Å². The largest absolute Gasteiger partial charge is 0.368 e. The number of sulfonamides is 1. The van der Waals surface area contributed by atoms with Crippen LogP contribution in [-0.2, 0) is 10.0 Å². The van der Waals surface area contributed by atoms with Gasteiger partial charge in [-0.05, 0) is 12.1 Å². The molecule has 0 spiro atoms. The third kappa shape index (κ3) is 3.48. The third-order valence-electron chi connectivity index (χ3n) is 3.09. The minimum atomic E-state index is -3.94. The van der Waals surface area contributed by atoms with E-state index in [0.717, 1.165) is 21.4 Å². The molecule has 130 valence electrons. The van der Waals surface area contributed by atoms with Gasteiger partial charge in [-0.15, -0.1) is 9.50 Å². The molecule has 0 atom stereocenters. The van der Waals surface area contributed by atoms with Gasteiger partial charge >= 0.3 is 10.0 Å². The Balaban J connectivity index is 2.10. The minimum absolute atomic E-state index is 0.187. The zero-order chi connectivity index (χ0) is 18.2. The fourth-order valence-corrected chi connectivity index (χ4v) is 4.25. The van der Waals surface area contributed by atoms with Crippen LogP contribution < -0.4 is 0 Å². The van der Waals surface area contributed by atoms with E-state index in [9.17, 15) is 13.2 Å². The van der Waals surface area contributed by atoms with Gasteiger partial charge in [-0.25, -0.2) is 4.98 Å². The maximum Gasteiger partial charge on any atom is 0.312 e. The number of imidazole rings is 1. The summed E-state index contributed by atoms with van der Waals surface area (Å²) in [5, 5.41) is 4.01. The lowest BCUT2D eigenvalue weighted by Crippen LogP contribution is -2.10. The Hall–Kier alpha value is -2.11. The predicted molar refractivity (Wildman–Crippen MR) is 98.8 cm³/mol. The molecule has 3 aromatic rings. The van der Waals surface area contributed by atoms with E-state index in [2.05, 4.69) is 30.4 Å². The highest BCUT2D eigenvalue weighted by molar-refractivity contribution is 9.10. The Morgan fingerprint density at radius 2 is 1.96 bits per heavy atom. The van der Waals surface area contributed by atoms with Crippen molar-refractivity contribution in [3.63, 3.8) is 0 Å². The van der Waals surface area contributed by atoms with Gasteiger partial charge in [0.25, 0.3) is 4.34 Å².